The van der Waals surface area contributed by atoms with Gasteiger partial charge in [0.1, 0.15) is 17.5 Å². The zero-order valence-electron chi connectivity index (χ0n) is 11.7. The second-order valence-electron chi connectivity index (χ2n) is 4.98. The van der Waals surface area contributed by atoms with Crippen molar-refractivity contribution in [2.24, 2.45) is 11.7 Å². The van der Waals surface area contributed by atoms with E-state index in [0.29, 0.717) is 0 Å². The quantitative estimate of drug-likeness (QED) is 0.844. The summed E-state index contributed by atoms with van der Waals surface area (Å²) in [4.78, 5) is 22.3. The summed E-state index contributed by atoms with van der Waals surface area (Å²) in [5, 5.41) is 3.09. The van der Waals surface area contributed by atoms with Crippen LogP contribution in [0.3, 0.4) is 0 Å². The van der Waals surface area contributed by atoms with Crippen LogP contribution in [-0.4, -0.2) is 36.0 Å². The molecular formula is C13H21N5O. The van der Waals surface area contributed by atoms with E-state index in [2.05, 4.69) is 20.2 Å². The number of nitrogens with one attached hydrogen (secondary N) is 1. The second kappa shape index (κ2) is 5.42. The van der Waals surface area contributed by atoms with Crippen LogP contribution in [0.15, 0.2) is 0 Å². The molecule has 1 aromatic rings. The fourth-order valence-electron chi connectivity index (χ4n) is 2.54. The Morgan fingerprint density at radius 1 is 1.32 bits per heavy atom. The minimum absolute atomic E-state index is 0.00302. The summed E-state index contributed by atoms with van der Waals surface area (Å²) < 4.78 is 0. The van der Waals surface area contributed by atoms with Crippen molar-refractivity contribution in [3.63, 3.8) is 0 Å². The van der Waals surface area contributed by atoms with Crippen LogP contribution >= 0.6 is 0 Å². The van der Waals surface area contributed by atoms with Crippen LogP contribution in [0.5, 0.6) is 0 Å². The van der Waals surface area contributed by atoms with Gasteiger partial charge in [-0.15, -0.1) is 0 Å². The molecule has 0 radical (unpaired) electrons. The molecule has 1 aromatic heterocycles. The first-order chi connectivity index (χ1) is 9.02. The lowest BCUT2D eigenvalue weighted by Crippen LogP contribution is -2.39. The number of carbonyl (C=O) groups excluding carboxylic acids is 1. The van der Waals surface area contributed by atoms with Crippen molar-refractivity contribution in [2.75, 3.05) is 30.4 Å². The minimum atomic E-state index is -0.189. The van der Waals surface area contributed by atoms with E-state index in [-0.39, 0.29) is 11.8 Å². The topological polar surface area (TPSA) is 84.1 Å². The molecule has 0 unspecified atom stereocenters. The molecule has 1 amide bonds. The number of nitrogens with zero attached hydrogens (tertiary/aromatic N) is 3. The first-order valence-electron chi connectivity index (χ1n) is 6.60. The van der Waals surface area contributed by atoms with Crippen LogP contribution < -0.4 is 16.0 Å². The first-order valence-corrected chi connectivity index (χ1v) is 6.60. The molecule has 2 rings (SSSR count). The van der Waals surface area contributed by atoms with E-state index in [1.807, 2.05) is 20.9 Å². The summed E-state index contributed by atoms with van der Waals surface area (Å²) in [7, 11) is 1.86. The van der Waals surface area contributed by atoms with Gasteiger partial charge in [0, 0.05) is 31.6 Å². The molecule has 104 valence electrons. The predicted octanol–water partition coefficient (Wildman–Crippen LogP) is 0.837. The number of aromatic nitrogens is 2. The Labute approximate surface area is 113 Å². The number of rotatable bonds is 3. The molecule has 0 aromatic carbocycles. The molecule has 6 heteroatoms. The molecule has 6 nitrogen and oxygen atoms in total. The van der Waals surface area contributed by atoms with Gasteiger partial charge in [-0.05, 0) is 26.7 Å². The molecule has 1 aliphatic heterocycles. The Hall–Kier alpha value is -1.85. The monoisotopic (exact) mass is 263 g/mol. The van der Waals surface area contributed by atoms with Gasteiger partial charge in [0.05, 0.1) is 0 Å². The standard InChI is InChI=1S/C13H21N5O/c1-8-12(15-3)16-9(2)17-13(8)18-6-4-10(5-7-18)11(14)19/h10H,4-7H2,1-3H3,(H2,14,19)(H,15,16,17). The summed E-state index contributed by atoms with van der Waals surface area (Å²) in [5.41, 5.74) is 6.40. The molecule has 0 atom stereocenters. The highest BCUT2D eigenvalue weighted by molar-refractivity contribution is 5.77. The molecule has 0 saturated carbocycles. The Morgan fingerprint density at radius 3 is 2.47 bits per heavy atom. The largest absolute Gasteiger partial charge is 0.373 e. The van der Waals surface area contributed by atoms with E-state index in [1.165, 1.54) is 0 Å². The highest BCUT2D eigenvalue weighted by Gasteiger charge is 2.25. The third-order valence-corrected chi connectivity index (χ3v) is 3.67. The average molecular weight is 263 g/mol. The van der Waals surface area contributed by atoms with Crippen molar-refractivity contribution < 1.29 is 4.79 Å². The highest BCUT2D eigenvalue weighted by atomic mass is 16.1. The Kier molecular flexibility index (Phi) is 3.87. The van der Waals surface area contributed by atoms with E-state index < -0.39 is 0 Å². The van der Waals surface area contributed by atoms with Crippen LogP contribution in [0.4, 0.5) is 11.6 Å². The van der Waals surface area contributed by atoms with Crippen molar-refractivity contribution in [1.82, 2.24) is 9.97 Å². The Balaban J connectivity index is 2.20. The lowest BCUT2D eigenvalue weighted by atomic mass is 9.96. The maximum absolute atomic E-state index is 11.2. The van der Waals surface area contributed by atoms with Crippen molar-refractivity contribution in [3.05, 3.63) is 11.4 Å². The van der Waals surface area contributed by atoms with Crippen molar-refractivity contribution in [3.8, 4) is 0 Å². The van der Waals surface area contributed by atoms with E-state index in [1.54, 1.807) is 0 Å². The SMILES string of the molecule is CNc1nc(C)nc(N2CCC(C(N)=O)CC2)c1C. The number of nitrogens with two attached hydrogens (primary N) is 1. The van der Waals surface area contributed by atoms with Crippen LogP contribution in [0.2, 0.25) is 0 Å². The number of amides is 1. The summed E-state index contributed by atoms with van der Waals surface area (Å²) in [6.45, 7) is 5.53. The van der Waals surface area contributed by atoms with E-state index >= 15 is 0 Å². The fraction of sp³-hybridized carbons (Fsp3) is 0.615. The van der Waals surface area contributed by atoms with Crippen molar-refractivity contribution >= 4 is 17.5 Å². The smallest absolute Gasteiger partial charge is 0.220 e. The maximum atomic E-state index is 11.2. The zero-order chi connectivity index (χ0) is 14.0. The summed E-state index contributed by atoms with van der Waals surface area (Å²) in [5.74, 6) is 2.38. The Bertz CT molecular complexity index is 480. The normalized spacial score (nSPS) is 16.5. The summed E-state index contributed by atoms with van der Waals surface area (Å²) >= 11 is 0. The van der Waals surface area contributed by atoms with Crippen LogP contribution in [-0.2, 0) is 4.79 Å². The zero-order valence-corrected chi connectivity index (χ0v) is 11.7. The number of hydrogen-bond donors (Lipinski definition) is 2. The predicted molar refractivity (Wildman–Crippen MR) is 75.2 cm³/mol. The number of aryl methyl sites for hydroxylation is 1. The first kappa shape index (κ1) is 13.6. The number of primary amides is 1. The minimum Gasteiger partial charge on any atom is -0.373 e. The van der Waals surface area contributed by atoms with E-state index in [0.717, 1.165) is 49.0 Å². The number of carbonyl (C=O) groups is 1. The van der Waals surface area contributed by atoms with Crippen LogP contribution in [0.1, 0.15) is 24.2 Å². The molecule has 1 aliphatic rings. The van der Waals surface area contributed by atoms with Crippen LogP contribution in [0, 0.1) is 19.8 Å². The maximum Gasteiger partial charge on any atom is 0.220 e. The fourth-order valence-corrected chi connectivity index (χ4v) is 2.54. The third-order valence-electron chi connectivity index (χ3n) is 3.67. The summed E-state index contributed by atoms with van der Waals surface area (Å²) in [6, 6.07) is 0. The Morgan fingerprint density at radius 2 is 1.95 bits per heavy atom. The molecule has 0 spiro atoms. The molecule has 2 heterocycles. The summed E-state index contributed by atoms with van der Waals surface area (Å²) in [6.07, 6.45) is 1.60. The molecule has 3 N–H and O–H groups in total. The molecule has 19 heavy (non-hydrogen) atoms. The van der Waals surface area contributed by atoms with E-state index in [4.69, 9.17) is 5.73 Å². The van der Waals surface area contributed by atoms with Crippen LogP contribution in [0.25, 0.3) is 0 Å². The van der Waals surface area contributed by atoms with Gasteiger partial charge in [0.25, 0.3) is 0 Å². The van der Waals surface area contributed by atoms with Gasteiger partial charge < -0.3 is 16.0 Å². The van der Waals surface area contributed by atoms with Gasteiger partial charge in [0.2, 0.25) is 5.91 Å². The average Bonchev–Trinajstić information content (AvgIpc) is 2.41. The molecule has 0 aliphatic carbocycles. The number of hydrogen-bond acceptors (Lipinski definition) is 5. The molecule has 0 bridgehead atoms. The molecular weight excluding hydrogens is 242 g/mol. The second-order valence-corrected chi connectivity index (χ2v) is 4.98. The van der Waals surface area contributed by atoms with Gasteiger partial charge in [-0.1, -0.05) is 0 Å². The van der Waals surface area contributed by atoms with E-state index in [9.17, 15) is 4.79 Å². The van der Waals surface area contributed by atoms with Crippen molar-refractivity contribution in [1.29, 1.82) is 0 Å². The van der Waals surface area contributed by atoms with Gasteiger partial charge in [-0.25, -0.2) is 9.97 Å². The van der Waals surface area contributed by atoms with Gasteiger partial charge >= 0.3 is 0 Å². The van der Waals surface area contributed by atoms with Crippen molar-refractivity contribution in [2.45, 2.75) is 26.7 Å². The van der Waals surface area contributed by atoms with Gasteiger partial charge in [-0.3, -0.25) is 4.79 Å². The number of anilines is 2. The van der Waals surface area contributed by atoms with Gasteiger partial charge in [-0.2, -0.15) is 0 Å². The lowest BCUT2D eigenvalue weighted by Gasteiger charge is -2.32. The van der Waals surface area contributed by atoms with Gasteiger partial charge in [0.15, 0.2) is 0 Å². The number of piperidine rings is 1. The molecule has 1 saturated heterocycles. The highest BCUT2D eigenvalue weighted by Crippen LogP contribution is 2.27. The third kappa shape index (κ3) is 2.77. The molecule has 1 fully saturated rings. The lowest BCUT2D eigenvalue weighted by molar-refractivity contribution is -0.122.